The molecule has 0 bridgehead atoms. The van der Waals surface area contributed by atoms with Gasteiger partial charge >= 0.3 is 12.1 Å². The van der Waals surface area contributed by atoms with E-state index in [4.69, 9.17) is 5.11 Å². The van der Waals surface area contributed by atoms with Crippen LogP contribution in [0, 0.1) is 0 Å². The number of carboxylic acid groups (broad SMARTS) is 1. The fourth-order valence-electron chi connectivity index (χ4n) is 0.189. The molecule has 0 atom stereocenters. The van der Waals surface area contributed by atoms with Crippen molar-refractivity contribution in [3.63, 3.8) is 0 Å². The van der Waals surface area contributed by atoms with E-state index in [2.05, 4.69) is 10.5 Å². The van der Waals surface area contributed by atoms with Crippen LogP contribution in [0.3, 0.4) is 0 Å². The van der Waals surface area contributed by atoms with Gasteiger partial charge in [0, 0.05) is 0 Å². The summed E-state index contributed by atoms with van der Waals surface area (Å²) in [7, 11) is 0. The summed E-state index contributed by atoms with van der Waals surface area (Å²) in [5.74, 6) is -1.22. The molecule has 0 rings (SSSR count). The number of amides is 1. The predicted octanol–water partition coefficient (Wildman–Crippen LogP) is 1.05. The van der Waals surface area contributed by atoms with Gasteiger partial charge < -0.3 is 15.6 Å². The van der Waals surface area contributed by atoms with E-state index in [1.54, 1.807) is 6.92 Å². The zero-order chi connectivity index (χ0) is 10.9. The first-order chi connectivity index (χ1) is 5.95. The number of aliphatic carboxylic acids is 1. The van der Waals surface area contributed by atoms with E-state index in [9.17, 15) is 14.0 Å². The number of hydrogen-bond donors (Lipinski definition) is 2. The Morgan fingerprint density at radius 2 is 2.08 bits per heavy atom. The third-order valence-corrected chi connectivity index (χ3v) is 0.788. The molecule has 0 unspecified atom stereocenters. The molecule has 0 aromatic heterocycles. The maximum absolute atomic E-state index is 11.1. The minimum Gasteiger partial charge on any atom is -0.478 e. The quantitative estimate of drug-likeness (QED) is 0.641. The molecular formula is C7H12FNO4. The smallest absolute Gasteiger partial charge is 0.404 e. The highest BCUT2D eigenvalue weighted by Gasteiger charge is 1.95. The second-order valence-corrected chi connectivity index (χ2v) is 1.85. The van der Waals surface area contributed by atoms with Crippen molar-refractivity contribution >= 4 is 12.1 Å². The number of carbonyl (C=O) groups is 2. The van der Waals surface area contributed by atoms with Crippen molar-refractivity contribution in [3.05, 3.63) is 11.9 Å². The fraction of sp³-hybridized carbons (Fsp3) is 0.429. The maximum atomic E-state index is 11.1. The zero-order valence-electron chi connectivity index (χ0n) is 7.41. The summed E-state index contributed by atoms with van der Waals surface area (Å²) in [4.78, 5) is 19.2. The Morgan fingerprint density at radius 1 is 1.62 bits per heavy atom. The summed E-state index contributed by atoms with van der Waals surface area (Å²) < 4.78 is 15.3. The highest BCUT2D eigenvalue weighted by molar-refractivity contribution is 5.85. The SMILES string of the molecule is CC(=CF)C(=O)O.CCOC(N)=O. The second kappa shape index (κ2) is 8.51. The topological polar surface area (TPSA) is 89.6 Å². The lowest BCUT2D eigenvalue weighted by Crippen LogP contribution is -2.11. The van der Waals surface area contributed by atoms with Gasteiger partial charge in [-0.3, -0.25) is 0 Å². The Balaban J connectivity index is 0. The average Bonchev–Trinajstić information content (AvgIpc) is 2.03. The van der Waals surface area contributed by atoms with Crippen molar-refractivity contribution in [2.45, 2.75) is 13.8 Å². The average molecular weight is 193 g/mol. The number of nitrogens with two attached hydrogens (primary N) is 1. The van der Waals surface area contributed by atoms with Gasteiger partial charge in [-0.05, 0) is 13.8 Å². The van der Waals surface area contributed by atoms with Gasteiger partial charge in [0.2, 0.25) is 0 Å². The van der Waals surface area contributed by atoms with E-state index in [-0.39, 0.29) is 11.9 Å². The van der Waals surface area contributed by atoms with E-state index in [1.165, 1.54) is 6.92 Å². The van der Waals surface area contributed by atoms with Crippen molar-refractivity contribution in [1.82, 2.24) is 0 Å². The molecule has 1 amide bonds. The third-order valence-electron chi connectivity index (χ3n) is 0.788. The third kappa shape index (κ3) is 13.4. The molecule has 0 radical (unpaired) electrons. The van der Waals surface area contributed by atoms with Crippen LogP contribution in [0.25, 0.3) is 0 Å². The number of rotatable bonds is 2. The van der Waals surface area contributed by atoms with Gasteiger partial charge in [-0.15, -0.1) is 0 Å². The Morgan fingerprint density at radius 3 is 2.08 bits per heavy atom. The second-order valence-electron chi connectivity index (χ2n) is 1.85. The molecule has 0 aromatic carbocycles. The van der Waals surface area contributed by atoms with Gasteiger partial charge in [-0.25, -0.2) is 14.0 Å². The van der Waals surface area contributed by atoms with Gasteiger partial charge in [-0.2, -0.15) is 0 Å². The molecule has 0 saturated heterocycles. The van der Waals surface area contributed by atoms with Crippen LogP contribution in [0.1, 0.15) is 13.8 Å². The standard InChI is InChI=1S/C4H5FO2.C3H7NO2/c1-3(2-5)4(6)7;1-2-6-3(4)5/h2H,1H3,(H,6,7);2H2,1H3,(H2,4,5). The summed E-state index contributed by atoms with van der Waals surface area (Å²) in [6.45, 7) is 3.24. The van der Waals surface area contributed by atoms with Gasteiger partial charge in [0.1, 0.15) is 0 Å². The lowest BCUT2D eigenvalue weighted by molar-refractivity contribution is -0.132. The van der Waals surface area contributed by atoms with Gasteiger partial charge in [-0.1, -0.05) is 0 Å². The zero-order valence-corrected chi connectivity index (χ0v) is 7.41. The first-order valence-corrected chi connectivity index (χ1v) is 3.38. The first kappa shape index (κ1) is 14.0. The molecule has 5 nitrogen and oxygen atoms in total. The summed E-state index contributed by atoms with van der Waals surface area (Å²) in [6, 6.07) is 0. The number of ether oxygens (including phenoxy) is 1. The van der Waals surface area contributed by atoms with Gasteiger partial charge in [0.05, 0.1) is 18.5 Å². The molecule has 0 spiro atoms. The number of carbonyl (C=O) groups excluding carboxylic acids is 1. The number of hydrogen-bond acceptors (Lipinski definition) is 3. The summed E-state index contributed by atoms with van der Waals surface area (Å²) in [6.07, 6.45) is -0.653. The monoisotopic (exact) mass is 193 g/mol. The molecule has 3 N–H and O–H groups in total. The van der Waals surface area contributed by atoms with Gasteiger partial charge in [0.15, 0.2) is 0 Å². The molecule has 0 aliphatic heterocycles. The lowest BCUT2D eigenvalue weighted by atomic mass is 10.4. The Hall–Kier alpha value is -1.59. The van der Waals surface area contributed by atoms with Crippen LogP contribution in [-0.4, -0.2) is 23.8 Å². The van der Waals surface area contributed by atoms with Crippen LogP contribution in [0.5, 0.6) is 0 Å². The van der Waals surface area contributed by atoms with Gasteiger partial charge in [0.25, 0.3) is 0 Å². The molecule has 0 heterocycles. The summed E-state index contributed by atoms with van der Waals surface area (Å²) in [5.41, 5.74) is 4.26. The van der Waals surface area contributed by atoms with E-state index in [0.717, 1.165) is 0 Å². The predicted molar refractivity (Wildman–Crippen MR) is 43.7 cm³/mol. The largest absolute Gasteiger partial charge is 0.478 e. The lowest BCUT2D eigenvalue weighted by Gasteiger charge is -1.89. The van der Waals surface area contributed by atoms with Crippen LogP contribution in [0.15, 0.2) is 11.9 Å². The van der Waals surface area contributed by atoms with Crippen LogP contribution in [0.2, 0.25) is 0 Å². The van der Waals surface area contributed by atoms with Crippen molar-refractivity contribution in [2.75, 3.05) is 6.61 Å². The molecule has 0 aliphatic carbocycles. The van der Waals surface area contributed by atoms with Crippen molar-refractivity contribution in [1.29, 1.82) is 0 Å². The Kier molecular flexibility index (Phi) is 9.14. The molecule has 0 aromatic rings. The summed E-state index contributed by atoms with van der Waals surface area (Å²) >= 11 is 0. The molecule has 0 aliphatic rings. The van der Waals surface area contributed by atoms with Crippen molar-refractivity contribution < 1.29 is 23.8 Å². The Bertz CT molecular complexity index is 203. The molecule has 0 saturated carbocycles. The normalized spacial score (nSPS) is 9.62. The highest BCUT2D eigenvalue weighted by atomic mass is 19.1. The van der Waals surface area contributed by atoms with Crippen molar-refractivity contribution in [2.24, 2.45) is 5.73 Å². The van der Waals surface area contributed by atoms with Crippen LogP contribution in [-0.2, 0) is 9.53 Å². The minimum atomic E-state index is -1.22. The number of carboxylic acids is 1. The molecule has 13 heavy (non-hydrogen) atoms. The highest BCUT2D eigenvalue weighted by Crippen LogP contribution is 1.89. The Labute approximate surface area is 75.0 Å². The molecule has 6 heteroatoms. The maximum Gasteiger partial charge on any atom is 0.404 e. The molecule has 76 valence electrons. The molecule has 0 fully saturated rings. The molecular weight excluding hydrogens is 181 g/mol. The van der Waals surface area contributed by atoms with E-state index >= 15 is 0 Å². The first-order valence-electron chi connectivity index (χ1n) is 3.38. The van der Waals surface area contributed by atoms with Crippen LogP contribution < -0.4 is 5.73 Å². The number of halogens is 1. The van der Waals surface area contributed by atoms with E-state index < -0.39 is 12.1 Å². The number of primary amides is 1. The van der Waals surface area contributed by atoms with Crippen LogP contribution >= 0.6 is 0 Å². The van der Waals surface area contributed by atoms with E-state index in [1.807, 2.05) is 0 Å². The fourth-order valence-corrected chi connectivity index (χ4v) is 0.189. The van der Waals surface area contributed by atoms with E-state index in [0.29, 0.717) is 6.61 Å². The summed E-state index contributed by atoms with van der Waals surface area (Å²) in [5, 5.41) is 7.87. The minimum absolute atomic E-state index is 0.0579. The van der Waals surface area contributed by atoms with Crippen molar-refractivity contribution in [3.8, 4) is 0 Å². The van der Waals surface area contributed by atoms with Crippen LogP contribution in [0.4, 0.5) is 9.18 Å².